The van der Waals surface area contributed by atoms with E-state index < -0.39 is 0 Å². The summed E-state index contributed by atoms with van der Waals surface area (Å²) in [5.74, 6) is 0. The number of benzene rings is 2. The van der Waals surface area contributed by atoms with Gasteiger partial charge in [0.05, 0.1) is 5.52 Å². The van der Waals surface area contributed by atoms with Crippen LogP contribution in [0.3, 0.4) is 0 Å². The van der Waals surface area contributed by atoms with E-state index in [4.69, 9.17) is 0 Å². The number of para-hydroxylation sites is 2. The number of fused-ring (bicyclic) bond motifs is 3. The zero-order valence-corrected chi connectivity index (χ0v) is 14.5. The van der Waals surface area contributed by atoms with Gasteiger partial charge in [0.15, 0.2) is 0 Å². The van der Waals surface area contributed by atoms with Crippen LogP contribution >= 0.6 is 15.9 Å². The van der Waals surface area contributed by atoms with E-state index in [1.54, 1.807) is 0 Å². The van der Waals surface area contributed by atoms with E-state index in [2.05, 4.69) is 69.5 Å². The van der Waals surface area contributed by atoms with Gasteiger partial charge in [-0.2, -0.15) is 0 Å². The third kappa shape index (κ3) is 2.85. The van der Waals surface area contributed by atoms with E-state index in [9.17, 15) is 0 Å². The Morgan fingerprint density at radius 3 is 2.50 bits per heavy atom. The molecule has 0 atom stereocenters. The Kier molecular flexibility index (Phi) is 4.99. The van der Waals surface area contributed by atoms with Crippen LogP contribution in [-0.4, -0.2) is 9.90 Å². The van der Waals surface area contributed by atoms with E-state index >= 15 is 0 Å². The molecule has 0 radical (unpaired) electrons. The molecule has 0 amide bonds. The van der Waals surface area contributed by atoms with Crippen LogP contribution in [0.25, 0.3) is 27.9 Å². The van der Waals surface area contributed by atoms with E-state index in [0.717, 1.165) is 11.9 Å². The number of alkyl halides is 1. The van der Waals surface area contributed by atoms with E-state index in [1.165, 1.54) is 53.1 Å². The number of hydrogen-bond acceptors (Lipinski definition) is 0. The normalized spacial score (nSPS) is 11.3. The van der Waals surface area contributed by atoms with Gasteiger partial charge >= 0.3 is 0 Å². The first-order valence-corrected chi connectivity index (χ1v) is 9.17. The minimum absolute atomic E-state index is 1.08. The van der Waals surface area contributed by atoms with Crippen LogP contribution in [0.4, 0.5) is 0 Å². The molecule has 2 heteroatoms. The molecule has 0 spiro atoms. The van der Waals surface area contributed by atoms with Crippen molar-refractivity contribution in [2.75, 3.05) is 5.33 Å². The number of rotatable bonds is 7. The Morgan fingerprint density at radius 2 is 1.68 bits per heavy atom. The predicted molar refractivity (Wildman–Crippen MR) is 102 cm³/mol. The zero-order chi connectivity index (χ0) is 15.4. The van der Waals surface area contributed by atoms with E-state index in [0.29, 0.717) is 0 Å². The Bertz CT molecular complexity index is 785. The highest BCUT2D eigenvalue weighted by atomic mass is 79.9. The summed E-state index contributed by atoms with van der Waals surface area (Å²) in [7, 11) is 0. The molecule has 0 bridgehead atoms. The first kappa shape index (κ1) is 15.4. The number of aryl methyl sites for hydroxylation is 1. The lowest BCUT2D eigenvalue weighted by Crippen LogP contribution is -1.99. The lowest BCUT2D eigenvalue weighted by molar-refractivity contribution is 0.604. The number of hydrogen-bond donors (Lipinski definition) is 0. The largest absolute Gasteiger partial charge is 0.340 e. The molecule has 0 aliphatic heterocycles. The highest BCUT2D eigenvalue weighted by molar-refractivity contribution is 9.09. The molecule has 1 nitrogen and oxygen atoms in total. The quantitative estimate of drug-likeness (QED) is 0.341. The number of unbranched alkanes of at least 4 members (excludes halogenated alkanes) is 3. The first-order valence-electron chi connectivity index (χ1n) is 8.05. The molecule has 2 aromatic carbocycles. The van der Waals surface area contributed by atoms with Crippen molar-refractivity contribution in [1.82, 2.24) is 4.57 Å². The number of aromatic nitrogens is 1. The van der Waals surface area contributed by atoms with Crippen molar-refractivity contribution in [3.05, 3.63) is 54.6 Å². The SMILES string of the molecule is C=Cc1cccc2c3ccccc3n(CCCCCCBr)c12. The Labute approximate surface area is 140 Å². The average molecular weight is 356 g/mol. The minimum Gasteiger partial charge on any atom is -0.340 e. The third-order valence-corrected chi connectivity index (χ3v) is 4.87. The summed E-state index contributed by atoms with van der Waals surface area (Å²) < 4.78 is 2.48. The molecular formula is C20H22BrN. The van der Waals surface area contributed by atoms with Gasteiger partial charge in [0.25, 0.3) is 0 Å². The van der Waals surface area contributed by atoms with Gasteiger partial charge < -0.3 is 4.57 Å². The van der Waals surface area contributed by atoms with Crippen molar-refractivity contribution >= 4 is 43.8 Å². The molecule has 3 rings (SSSR count). The molecule has 0 aliphatic rings. The van der Waals surface area contributed by atoms with Gasteiger partial charge in [0.2, 0.25) is 0 Å². The third-order valence-electron chi connectivity index (χ3n) is 4.31. The fourth-order valence-electron chi connectivity index (χ4n) is 3.25. The zero-order valence-electron chi connectivity index (χ0n) is 12.9. The van der Waals surface area contributed by atoms with Crippen LogP contribution in [0.1, 0.15) is 31.2 Å². The maximum Gasteiger partial charge on any atom is 0.0564 e. The van der Waals surface area contributed by atoms with Crippen molar-refractivity contribution in [3.63, 3.8) is 0 Å². The molecule has 0 aliphatic carbocycles. The standard InChI is InChI=1S/C20H22BrN/c1-2-16-10-9-12-18-17-11-5-6-13-19(17)22(20(16)18)15-8-4-3-7-14-21/h2,5-6,9-13H,1,3-4,7-8,14-15H2. The summed E-state index contributed by atoms with van der Waals surface area (Å²) in [5, 5.41) is 3.80. The first-order chi connectivity index (χ1) is 10.9. The van der Waals surface area contributed by atoms with Crippen LogP contribution in [0.5, 0.6) is 0 Å². The van der Waals surface area contributed by atoms with Crippen LogP contribution in [0, 0.1) is 0 Å². The smallest absolute Gasteiger partial charge is 0.0564 e. The maximum absolute atomic E-state index is 3.99. The van der Waals surface area contributed by atoms with Crippen molar-refractivity contribution in [3.8, 4) is 0 Å². The molecule has 0 unspecified atom stereocenters. The van der Waals surface area contributed by atoms with Gasteiger partial charge in [-0.25, -0.2) is 0 Å². The number of halogens is 1. The highest BCUT2D eigenvalue weighted by Gasteiger charge is 2.11. The molecule has 0 saturated heterocycles. The van der Waals surface area contributed by atoms with Gasteiger partial charge in [0.1, 0.15) is 0 Å². The van der Waals surface area contributed by atoms with Crippen molar-refractivity contribution in [2.24, 2.45) is 0 Å². The van der Waals surface area contributed by atoms with Crippen molar-refractivity contribution in [1.29, 1.82) is 0 Å². The number of nitrogens with zero attached hydrogens (tertiary/aromatic N) is 1. The van der Waals surface area contributed by atoms with Gasteiger partial charge in [-0.3, -0.25) is 0 Å². The lowest BCUT2D eigenvalue weighted by atomic mass is 10.1. The molecular weight excluding hydrogens is 334 g/mol. The Morgan fingerprint density at radius 1 is 0.909 bits per heavy atom. The molecule has 3 aromatic rings. The van der Waals surface area contributed by atoms with Crippen LogP contribution in [0.2, 0.25) is 0 Å². The summed E-state index contributed by atoms with van der Waals surface area (Å²) in [4.78, 5) is 0. The summed E-state index contributed by atoms with van der Waals surface area (Å²) in [6.45, 7) is 5.08. The molecule has 22 heavy (non-hydrogen) atoms. The average Bonchev–Trinajstić information content (AvgIpc) is 2.89. The molecule has 114 valence electrons. The van der Waals surface area contributed by atoms with Crippen LogP contribution in [-0.2, 0) is 6.54 Å². The van der Waals surface area contributed by atoms with Crippen molar-refractivity contribution < 1.29 is 0 Å². The topological polar surface area (TPSA) is 4.93 Å². The molecule has 1 heterocycles. The molecule has 1 aromatic heterocycles. The Hall–Kier alpha value is -1.54. The monoisotopic (exact) mass is 355 g/mol. The Balaban J connectivity index is 2.03. The van der Waals surface area contributed by atoms with Gasteiger partial charge in [-0.05, 0) is 24.5 Å². The maximum atomic E-state index is 3.99. The second-order valence-electron chi connectivity index (χ2n) is 5.72. The summed E-state index contributed by atoms with van der Waals surface area (Å²) >= 11 is 3.51. The van der Waals surface area contributed by atoms with Gasteiger partial charge in [-0.15, -0.1) is 0 Å². The fraction of sp³-hybridized carbons (Fsp3) is 0.300. The summed E-state index contributed by atoms with van der Waals surface area (Å²) in [5.41, 5.74) is 3.90. The van der Waals surface area contributed by atoms with Crippen LogP contribution in [0.15, 0.2) is 49.0 Å². The second kappa shape index (κ2) is 7.15. The van der Waals surface area contributed by atoms with Crippen LogP contribution < -0.4 is 0 Å². The van der Waals surface area contributed by atoms with Gasteiger partial charge in [0, 0.05) is 28.2 Å². The van der Waals surface area contributed by atoms with E-state index in [1.807, 2.05) is 6.08 Å². The summed E-state index contributed by atoms with van der Waals surface area (Å²) in [6, 6.07) is 15.2. The fourth-order valence-corrected chi connectivity index (χ4v) is 3.65. The summed E-state index contributed by atoms with van der Waals surface area (Å²) in [6.07, 6.45) is 7.06. The van der Waals surface area contributed by atoms with Crippen molar-refractivity contribution in [2.45, 2.75) is 32.2 Å². The van der Waals surface area contributed by atoms with Gasteiger partial charge in [-0.1, -0.05) is 77.8 Å². The highest BCUT2D eigenvalue weighted by Crippen LogP contribution is 2.32. The van der Waals surface area contributed by atoms with E-state index in [-0.39, 0.29) is 0 Å². The molecule has 0 N–H and O–H groups in total. The lowest BCUT2D eigenvalue weighted by Gasteiger charge is -2.09. The minimum atomic E-state index is 1.08. The second-order valence-corrected chi connectivity index (χ2v) is 6.51. The molecule has 0 saturated carbocycles. The molecule has 0 fully saturated rings. The predicted octanol–water partition coefficient (Wildman–Crippen LogP) is 6.39.